The van der Waals surface area contributed by atoms with Crippen LogP contribution in [-0.4, -0.2) is 4.98 Å². The maximum atomic E-state index is 12.6. The summed E-state index contributed by atoms with van der Waals surface area (Å²) in [5.74, 6) is 0. The highest BCUT2D eigenvalue weighted by molar-refractivity contribution is 9.08. The summed E-state index contributed by atoms with van der Waals surface area (Å²) in [6, 6.07) is 0.529. The minimum absolute atomic E-state index is 0.303. The van der Waals surface area contributed by atoms with Gasteiger partial charge in [-0.2, -0.15) is 13.2 Å². The molecule has 1 aromatic heterocycles. The molecule has 0 atom stereocenters. The highest BCUT2D eigenvalue weighted by atomic mass is 79.9. The maximum Gasteiger partial charge on any atom is 0.418 e. The molecule has 1 nitrogen and oxygen atoms in total. The van der Waals surface area contributed by atoms with Gasteiger partial charge in [-0.05, 0) is 6.07 Å². The van der Waals surface area contributed by atoms with Crippen molar-refractivity contribution in [1.82, 2.24) is 4.98 Å². The van der Waals surface area contributed by atoms with Gasteiger partial charge in [0.25, 0.3) is 6.43 Å². The molecule has 8 heteroatoms. The van der Waals surface area contributed by atoms with Gasteiger partial charge in [-0.15, -0.1) is 0 Å². The largest absolute Gasteiger partial charge is 0.418 e. The topological polar surface area (TPSA) is 12.9 Å². The number of alkyl halides is 6. The lowest BCUT2D eigenvalue weighted by Crippen LogP contribution is -2.14. The number of hydrogen-bond donors (Lipinski definition) is 0. The molecule has 0 radical (unpaired) electrons. The zero-order valence-electron chi connectivity index (χ0n) is 7.45. The highest BCUT2D eigenvalue weighted by Gasteiger charge is 2.39. The Labute approximate surface area is 101 Å². The average molecular weight is 324 g/mol. The summed E-state index contributed by atoms with van der Waals surface area (Å²) in [6.07, 6.45) is -8.14. The van der Waals surface area contributed by atoms with Gasteiger partial charge in [0.2, 0.25) is 0 Å². The van der Waals surface area contributed by atoms with Gasteiger partial charge in [0.05, 0.1) is 11.3 Å². The number of hydrogen-bond acceptors (Lipinski definition) is 1. The summed E-state index contributed by atoms with van der Waals surface area (Å²) < 4.78 is 62.6. The van der Waals surface area contributed by atoms with Crippen molar-refractivity contribution in [2.24, 2.45) is 0 Å². The Hall–Kier alpha value is -0.430. The van der Waals surface area contributed by atoms with E-state index in [1.807, 2.05) is 0 Å². The fourth-order valence-corrected chi connectivity index (χ4v) is 1.81. The van der Waals surface area contributed by atoms with Crippen molar-refractivity contribution in [3.05, 3.63) is 28.0 Å². The van der Waals surface area contributed by atoms with Crippen molar-refractivity contribution in [3.8, 4) is 0 Å². The van der Waals surface area contributed by atoms with Crippen molar-refractivity contribution >= 4 is 27.5 Å². The van der Waals surface area contributed by atoms with E-state index in [1.165, 1.54) is 0 Å². The van der Waals surface area contributed by atoms with Gasteiger partial charge in [-0.3, -0.25) is 0 Å². The molecule has 90 valence electrons. The van der Waals surface area contributed by atoms with Gasteiger partial charge in [0.1, 0.15) is 5.15 Å². The standard InChI is InChI=1S/C8H4BrClF5N/c9-2-4-6(8(13,14)15)3(7(11)12)1-5(10)16-4/h1,7H,2H2. The van der Waals surface area contributed by atoms with E-state index in [0.29, 0.717) is 6.07 Å². The van der Waals surface area contributed by atoms with Crippen molar-refractivity contribution in [1.29, 1.82) is 0 Å². The molecule has 0 saturated heterocycles. The molecule has 1 rings (SSSR count). The molecule has 0 aromatic carbocycles. The monoisotopic (exact) mass is 323 g/mol. The smallest absolute Gasteiger partial charge is 0.240 e. The molecule has 0 aliphatic carbocycles. The molecule has 0 saturated carbocycles. The lowest BCUT2D eigenvalue weighted by atomic mass is 10.1. The van der Waals surface area contributed by atoms with Gasteiger partial charge in [0.15, 0.2) is 0 Å². The van der Waals surface area contributed by atoms with Crippen LogP contribution in [0.5, 0.6) is 0 Å². The number of rotatable bonds is 2. The van der Waals surface area contributed by atoms with Crippen molar-refractivity contribution in [2.45, 2.75) is 17.9 Å². The molecule has 1 heterocycles. The van der Waals surface area contributed by atoms with E-state index in [0.717, 1.165) is 0 Å². The van der Waals surface area contributed by atoms with E-state index in [9.17, 15) is 22.0 Å². The van der Waals surface area contributed by atoms with E-state index in [4.69, 9.17) is 11.6 Å². The minimum atomic E-state index is -4.88. The number of nitrogens with zero attached hydrogens (tertiary/aromatic N) is 1. The summed E-state index contributed by atoms with van der Waals surface area (Å²) in [4.78, 5) is 3.37. The van der Waals surface area contributed by atoms with E-state index in [2.05, 4.69) is 20.9 Å². The quantitative estimate of drug-likeness (QED) is 0.440. The zero-order valence-corrected chi connectivity index (χ0v) is 9.80. The predicted molar refractivity (Wildman–Crippen MR) is 51.8 cm³/mol. The van der Waals surface area contributed by atoms with Crippen LogP contribution in [0.1, 0.15) is 23.2 Å². The Morgan fingerprint density at radius 1 is 1.38 bits per heavy atom. The summed E-state index contributed by atoms with van der Waals surface area (Å²) in [5, 5.41) is -0.694. The minimum Gasteiger partial charge on any atom is -0.240 e. The molecule has 16 heavy (non-hydrogen) atoms. The average Bonchev–Trinajstić information content (AvgIpc) is 2.14. The van der Waals surface area contributed by atoms with Gasteiger partial charge >= 0.3 is 6.18 Å². The van der Waals surface area contributed by atoms with Gasteiger partial charge in [-0.25, -0.2) is 13.8 Å². The van der Waals surface area contributed by atoms with Crippen LogP contribution in [0.25, 0.3) is 0 Å². The summed E-state index contributed by atoms with van der Waals surface area (Å²) in [5.41, 5.74) is -3.12. The first-order chi connectivity index (χ1) is 7.27. The molecular formula is C8H4BrClF5N. The Morgan fingerprint density at radius 2 is 1.94 bits per heavy atom. The van der Waals surface area contributed by atoms with Gasteiger partial charge in [-0.1, -0.05) is 27.5 Å². The highest BCUT2D eigenvalue weighted by Crippen LogP contribution is 2.39. The van der Waals surface area contributed by atoms with Gasteiger partial charge in [0, 0.05) is 10.9 Å². The van der Waals surface area contributed by atoms with Gasteiger partial charge < -0.3 is 0 Å². The molecule has 1 aromatic rings. The third-order valence-corrected chi connectivity index (χ3v) is 2.46. The van der Waals surface area contributed by atoms with Crippen LogP contribution in [0.3, 0.4) is 0 Å². The number of pyridine rings is 1. The molecule has 0 aliphatic heterocycles. The second kappa shape index (κ2) is 4.83. The first-order valence-electron chi connectivity index (χ1n) is 3.88. The second-order valence-electron chi connectivity index (χ2n) is 2.79. The predicted octanol–water partition coefficient (Wildman–Crippen LogP) is 4.59. The zero-order chi connectivity index (χ0) is 12.5. The Kier molecular flexibility index (Phi) is 4.12. The molecule has 0 unspecified atom stereocenters. The molecule has 0 bridgehead atoms. The molecule has 0 spiro atoms. The van der Waals surface area contributed by atoms with Crippen LogP contribution in [0.4, 0.5) is 22.0 Å². The van der Waals surface area contributed by atoms with E-state index >= 15 is 0 Å². The second-order valence-corrected chi connectivity index (χ2v) is 3.74. The molecule has 0 amide bonds. The maximum absolute atomic E-state index is 12.6. The first-order valence-corrected chi connectivity index (χ1v) is 5.38. The van der Waals surface area contributed by atoms with Crippen molar-refractivity contribution in [2.75, 3.05) is 0 Å². The molecular weight excluding hydrogens is 320 g/mol. The number of halogens is 7. The lowest BCUT2D eigenvalue weighted by molar-refractivity contribution is -0.140. The summed E-state index contributed by atoms with van der Waals surface area (Å²) in [6.45, 7) is 0. The van der Waals surface area contributed by atoms with Crippen LogP contribution < -0.4 is 0 Å². The summed E-state index contributed by atoms with van der Waals surface area (Å²) >= 11 is 8.11. The van der Waals surface area contributed by atoms with Crippen LogP contribution in [0.15, 0.2) is 6.07 Å². The van der Waals surface area contributed by atoms with Crippen LogP contribution in [-0.2, 0) is 11.5 Å². The van der Waals surface area contributed by atoms with Crippen LogP contribution in [0, 0.1) is 0 Å². The normalized spacial score (nSPS) is 12.2. The van der Waals surface area contributed by atoms with E-state index in [-0.39, 0.29) is 5.33 Å². The van der Waals surface area contributed by atoms with Crippen molar-refractivity contribution in [3.63, 3.8) is 0 Å². The van der Waals surface area contributed by atoms with Crippen LogP contribution >= 0.6 is 27.5 Å². The van der Waals surface area contributed by atoms with Crippen LogP contribution in [0.2, 0.25) is 5.15 Å². The molecule has 0 N–H and O–H groups in total. The third-order valence-electron chi connectivity index (χ3n) is 1.74. The Balaban J connectivity index is 3.52. The third kappa shape index (κ3) is 2.82. The van der Waals surface area contributed by atoms with E-state index < -0.39 is 34.6 Å². The SMILES string of the molecule is FC(F)c1cc(Cl)nc(CBr)c1C(F)(F)F. The Bertz CT molecular complexity index is 393. The van der Waals surface area contributed by atoms with Crippen molar-refractivity contribution < 1.29 is 22.0 Å². The summed E-state index contributed by atoms with van der Waals surface area (Å²) in [7, 11) is 0. The first kappa shape index (κ1) is 13.6. The number of aromatic nitrogens is 1. The molecule has 0 fully saturated rings. The lowest BCUT2D eigenvalue weighted by Gasteiger charge is -2.15. The van der Waals surface area contributed by atoms with E-state index in [1.54, 1.807) is 0 Å². The Morgan fingerprint density at radius 3 is 2.31 bits per heavy atom. The molecule has 0 aliphatic rings. The fourth-order valence-electron chi connectivity index (χ4n) is 1.18. The fraction of sp³-hybridized carbons (Fsp3) is 0.375.